The van der Waals surface area contributed by atoms with Crippen molar-refractivity contribution in [3.05, 3.63) is 30.3 Å². The van der Waals surface area contributed by atoms with Crippen LogP contribution in [-0.4, -0.2) is 0 Å². The molecule has 1 aromatic rings. The molecule has 0 bridgehead atoms. The minimum absolute atomic E-state index is 0. The van der Waals surface area contributed by atoms with Crippen LogP contribution in [0.1, 0.15) is 0 Å². The summed E-state index contributed by atoms with van der Waals surface area (Å²) in [5.74, 6) is 0.0424. The standard InChI is InChI=1S/C6H7O4P.2Na/c7-11(8,9)10-6-4-2-1-3-5-6;;/h1-5H,(H2,7,8,9);;/q;2*+1/p-2/i7+2,8+2,9+2;;. The molecule has 0 saturated carbocycles. The van der Waals surface area contributed by atoms with Crippen molar-refractivity contribution in [2.24, 2.45) is 0 Å². The molecular weight excluding hydrogens is 219 g/mol. The van der Waals surface area contributed by atoms with Gasteiger partial charge in [-0.2, -0.15) is 0 Å². The van der Waals surface area contributed by atoms with Crippen molar-refractivity contribution in [1.82, 2.24) is 0 Å². The van der Waals surface area contributed by atoms with E-state index in [1.807, 2.05) is 0 Å². The number of phosphoric acid groups is 1. The van der Waals surface area contributed by atoms with Crippen molar-refractivity contribution in [2.45, 2.75) is 0 Å². The maximum atomic E-state index is 10.1. The van der Waals surface area contributed by atoms with Crippen LogP contribution >= 0.6 is 7.82 Å². The van der Waals surface area contributed by atoms with Gasteiger partial charge in [0.15, 0.2) is 0 Å². The summed E-state index contributed by atoms with van der Waals surface area (Å²) in [7, 11) is -4.89. The molecule has 0 aliphatic heterocycles. The van der Waals surface area contributed by atoms with Gasteiger partial charge in [-0.3, -0.25) is 0 Å². The Kier molecular flexibility index (Phi) is 9.52. The van der Waals surface area contributed by atoms with Crippen LogP contribution in [0.3, 0.4) is 0 Å². The SMILES string of the molecule is [18O]=P([18O-])([18O-])Oc1ccccc1.[Na+].[Na+]. The van der Waals surface area contributed by atoms with Crippen molar-refractivity contribution in [3.63, 3.8) is 0 Å². The fourth-order valence-electron chi connectivity index (χ4n) is 0.610. The molecule has 0 saturated heterocycles. The molecule has 0 fully saturated rings. The van der Waals surface area contributed by atoms with Gasteiger partial charge < -0.3 is 18.9 Å². The molecule has 7 heteroatoms. The molecule has 0 aliphatic carbocycles. The van der Waals surface area contributed by atoms with Gasteiger partial charge >= 0.3 is 59.1 Å². The van der Waals surface area contributed by atoms with E-state index in [-0.39, 0.29) is 64.9 Å². The number of para-hydroxylation sites is 1. The maximum absolute atomic E-state index is 10.1. The first kappa shape index (κ1) is 16.6. The van der Waals surface area contributed by atoms with Gasteiger partial charge in [0.1, 0.15) is 13.6 Å². The molecule has 0 amide bonds. The fourth-order valence-corrected chi connectivity index (χ4v) is 0.990. The van der Waals surface area contributed by atoms with Gasteiger partial charge in [0.2, 0.25) is 0 Å². The molecule has 0 aliphatic rings. The van der Waals surface area contributed by atoms with Gasteiger partial charge in [-0.15, -0.1) is 0 Å². The Balaban J connectivity index is 0. The predicted molar refractivity (Wildman–Crippen MR) is 34.7 cm³/mol. The first-order valence-corrected chi connectivity index (χ1v) is 4.31. The van der Waals surface area contributed by atoms with E-state index in [2.05, 4.69) is 4.52 Å². The summed E-state index contributed by atoms with van der Waals surface area (Å²) in [4.78, 5) is 20.1. The van der Waals surface area contributed by atoms with E-state index in [4.69, 9.17) is 0 Å². The van der Waals surface area contributed by atoms with Crippen LogP contribution in [0.5, 0.6) is 5.75 Å². The monoisotopic (exact) mass is 224 g/mol. The molecular formula is C6H5Na2O4P. The van der Waals surface area contributed by atoms with Gasteiger partial charge in [0.05, 0.1) is 0 Å². The van der Waals surface area contributed by atoms with Crippen molar-refractivity contribution in [3.8, 4) is 5.75 Å². The topological polar surface area (TPSA) is 72.4 Å². The number of phosphoric ester groups is 1. The molecule has 0 heterocycles. The zero-order valence-electron chi connectivity index (χ0n) is 7.47. The number of hydrogen-bond acceptors (Lipinski definition) is 4. The molecule has 0 radical (unpaired) electrons. The molecule has 1 rings (SSSR count). The molecule has 0 spiro atoms. The van der Waals surface area contributed by atoms with E-state index in [0.717, 1.165) is 0 Å². The second-order valence-electron chi connectivity index (χ2n) is 1.85. The molecule has 4 nitrogen and oxygen atoms in total. The average Bonchev–Trinajstić information content (AvgIpc) is 1.85. The zero-order chi connectivity index (χ0) is 8.32. The van der Waals surface area contributed by atoms with Gasteiger partial charge in [0, 0.05) is 0 Å². The summed E-state index contributed by atoms with van der Waals surface area (Å²) in [6, 6.07) is 7.62. The van der Waals surface area contributed by atoms with Gasteiger partial charge in [-0.1, -0.05) is 18.2 Å². The first-order chi connectivity index (χ1) is 5.08. The maximum Gasteiger partial charge on any atom is 1.00 e. The van der Waals surface area contributed by atoms with Crippen LogP contribution in [0.25, 0.3) is 0 Å². The summed E-state index contributed by atoms with van der Waals surface area (Å²) in [5.41, 5.74) is 0. The van der Waals surface area contributed by atoms with Gasteiger partial charge in [-0.25, -0.2) is 0 Å². The van der Waals surface area contributed by atoms with Crippen molar-refractivity contribution in [2.75, 3.05) is 0 Å². The van der Waals surface area contributed by atoms with Gasteiger partial charge in [0.25, 0.3) is 0 Å². The normalized spacial score (nSPS) is 9.38. The van der Waals surface area contributed by atoms with E-state index in [1.165, 1.54) is 12.1 Å². The average molecular weight is 224 g/mol. The molecule has 13 heavy (non-hydrogen) atoms. The quantitative estimate of drug-likeness (QED) is 0.285. The summed E-state index contributed by atoms with van der Waals surface area (Å²) in [6.45, 7) is 0. The Hall–Kier alpha value is 1.17. The van der Waals surface area contributed by atoms with Crippen molar-refractivity contribution < 1.29 is 78.0 Å². The minimum Gasteiger partial charge on any atom is -0.780 e. The second-order valence-corrected chi connectivity index (χ2v) is 2.93. The smallest absolute Gasteiger partial charge is 0.780 e. The van der Waals surface area contributed by atoms with Crippen LogP contribution in [-0.2, 0) is 4.57 Å². The number of rotatable bonds is 2. The second kappa shape index (κ2) is 7.46. The summed E-state index contributed by atoms with van der Waals surface area (Å²) in [6.07, 6.45) is 0. The van der Waals surface area contributed by atoms with Gasteiger partial charge in [-0.05, 0) is 12.1 Å². The summed E-state index contributed by atoms with van der Waals surface area (Å²) in [5, 5.41) is 0. The van der Waals surface area contributed by atoms with E-state index < -0.39 is 7.82 Å². The third-order valence-corrected chi connectivity index (χ3v) is 1.39. The van der Waals surface area contributed by atoms with E-state index in [0.29, 0.717) is 0 Å². The molecule has 0 N–H and O–H groups in total. The fraction of sp³-hybridized carbons (Fsp3) is 0. The van der Waals surface area contributed by atoms with Crippen LogP contribution in [0.4, 0.5) is 0 Å². The van der Waals surface area contributed by atoms with E-state index in [1.54, 1.807) is 18.2 Å². The third-order valence-electron chi connectivity index (χ3n) is 0.960. The largest absolute Gasteiger partial charge is 1.00 e. The Morgan fingerprint density at radius 1 is 1.08 bits per heavy atom. The summed E-state index contributed by atoms with van der Waals surface area (Å²) < 4.78 is 14.1. The Morgan fingerprint density at radius 2 is 1.54 bits per heavy atom. The molecule has 0 atom stereocenters. The summed E-state index contributed by atoms with van der Waals surface area (Å²) >= 11 is 0. The molecule has 1 aromatic carbocycles. The van der Waals surface area contributed by atoms with Crippen LogP contribution < -0.4 is 73.4 Å². The molecule has 0 unspecified atom stereocenters. The Labute approximate surface area is 121 Å². The van der Waals surface area contributed by atoms with Crippen LogP contribution in [0.2, 0.25) is 0 Å². The zero-order valence-corrected chi connectivity index (χ0v) is 12.4. The predicted octanol–water partition coefficient (Wildman–Crippen LogP) is -6.10. The third kappa shape index (κ3) is 8.18. The first-order valence-electron chi connectivity index (χ1n) is 2.85. The Bertz CT molecular complexity index is 273. The number of hydrogen-bond donors (Lipinski definition) is 0. The Morgan fingerprint density at radius 3 is 1.92 bits per heavy atom. The van der Waals surface area contributed by atoms with Crippen LogP contribution in [0, 0.1) is 0 Å². The minimum atomic E-state index is -4.89. The molecule has 60 valence electrons. The molecule has 0 aromatic heterocycles. The number of benzene rings is 1. The van der Waals surface area contributed by atoms with Crippen LogP contribution in [0.15, 0.2) is 30.3 Å². The van der Waals surface area contributed by atoms with E-state index >= 15 is 0 Å². The van der Waals surface area contributed by atoms with Crippen molar-refractivity contribution in [1.29, 1.82) is 0 Å². The van der Waals surface area contributed by atoms with Crippen molar-refractivity contribution >= 4 is 7.82 Å². The van der Waals surface area contributed by atoms with E-state index in [9.17, 15) is 14.4 Å².